The predicted octanol–water partition coefficient (Wildman–Crippen LogP) is 1.98. The van der Waals surface area contributed by atoms with Crippen molar-refractivity contribution in [3.8, 4) is 5.69 Å². The molecule has 0 bridgehead atoms. The standard InChI is InChI=1S/C16H13N5O/c1-10-3-5-14-15(17-10)8-16(22)21(19-14)12-4-6-13-11(7-12)9-20(2)18-13/h3-9H,1-2H3. The first-order valence-electron chi connectivity index (χ1n) is 6.92. The number of pyridine rings is 1. The summed E-state index contributed by atoms with van der Waals surface area (Å²) in [6.07, 6.45) is 1.91. The van der Waals surface area contributed by atoms with Crippen molar-refractivity contribution < 1.29 is 0 Å². The van der Waals surface area contributed by atoms with Crippen molar-refractivity contribution in [2.45, 2.75) is 6.92 Å². The van der Waals surface area contributed by atoms with Crippen LogP contribution in [-0.4, -0.2) is 24.5 Å². The third-order valence-corrected chi connectivity index (χ3v) is 3.57. The predicted molar refractivity (Wildman–Crippen MR) is 84.1 cm³/mol. The van der Waals surface area contributed by atoms with E-state index in [0.717, 1.165) is 16.6 Å². The Morgan fingerprint density at radius 1 is 0.955 bits per heavy atom. The van der Waals surface area contributed by atoms with Gasteiger partial charge in [-0.05, 0) is 37.3 Å². The second kappa shape index (κ2) is 4.49. The molecule has 0 radical (unpaired) electrons. The molecule has 0 amide bonds. The summed E-state index contributed by atoms with van der Waals surface area (Å²) in [6.45, 7) is 1.89. The first kappa shape index (κ1) is 12.7. The lowest BCUT2D eigenvalue weighted by Gasteiger charge is -2.06. The van der Waals surface area contributed by atoms with Gasteiger partial charge in [0.25, 0.3) is 5.56 Å². The number of aromatic nitrogens is 5. The highest BCUT2D eigenvalue weighted by Crippen LogP contribution is 2.16. The number of hydrogen-bond acceptors (Lipinski definition) is 4. The Morgan fingerprint density at radius 2 is 1.77 bits per heavy atom. The topological polar surface area (TPSA) is 65.6 Å². The number of fused-ring (bicyclic) bond motifs is 2. The summed E-state index contributed by atoms with van der Waals surface area (Å²) >= 11 is 0. The van der Waals surface area contributed by atoms with E-state index in [4.69, 9.17) is 0 Å². The molecule has 0 saturated heterocycles. The molecule has 0 atom stereocenters. The van der Waals surface area contributed by atoms with Crippen LogP contribution >= 0.6 is 0 Å². The maximum Gasteiger partial charge on any atom is 0.273 e. The second-order valence-electron chi connectivity index (χ2n) is 5.30. The summed E-state index contributed by atoms with van der Waals surface area (Å²) in [5.74, 6) is 0. The van der Waals surface area contributed by atoms with Gasteiger partial charge in [-0.2, -0.15) is 14.9 Å². The van der Waals surface area contributed by atoms with Crippen LogP contribution in [0, 0.1) is 6.92 Å². The summed E-state index contributed by atoms with van der Waals surface area (Å²) in [5.41, 5.74) is 3.57. The van der Waals surface area contributed by atoms with E-state index in [0.29, 0.717) is 16.7 Å². The Kier molecular flexibility index (Phi) is 2.59. The van der Waals surface area contributed by atoms with Crippen LogP contribution < -0.4 is 5.56 Å². The van der Waals surface area contributed by atoms with Crippen molar-refractivity contribution in [3.63, 3.8) is 0 Å². The Balaban J connectivity index is 1.96. The van der Waals surface area contributed by atoms with Crippen molar-refractivity contribution in [1.29, 1.82) is 0 Å². The van der Waals surface area contributed by atoms with Crippen LogP contribution in [0.1, 0.15) is 5.69 Å². The Hall–Kier alpha value is -3.02. The zero-order valence-corrected chi connectivity index (χ0v) is 12.2. The van der Waals surface area contributed by atoms with Gasteiger partial charge in [0.15, 0.2) is 0 Å². The fourth-order valence-corrected chi connectivity index (χ4v) is 2.55. The molecule has 0 unspecified atom stereocenters. The van der Waals surface area contributed by atoms with Crippen LogP contribution in [0.15, 0.2) is 47.4 Å². The normalized spacial score (nSPS) is 11.4. The Labute approximate surface area is 125 Å². The fraction of sp³-hybridized carbons (Fsp3) is 0.125. The minimum atomic E-state index is -0.200. The van der Waals surface area contributed by atoms with Crippen molar-refractivity contribution in [2.24, 2.45) is 7.05 Å². The van der Waals surface area contributed by atoms with Crippen molar-refractivity contribution >= 4 is 21.9 Å². The van der Waals surface area contributed by atoms with E-state index in [9.17, 15) is 4.79 Å². The lowest BCUT2D eigenvalue weighted by atomic mass is 10.2. The fourth-order valence-electron chi connectivity index (χ4n) is 2.55. The highest BCUT2D eigenvalue weighted by atomic mass is 16.1. The van der Waals surface area contributed by atoms with Crippen molar-refractivity contribution in [1.82, 2.24) is 24.5 Å². The maximum absolute atomic E-state index is 12.3. The van der Waals surface area contributed by atoms with E-state index >= 15 is 0 Å². The van der Waals surface area contributed by atoms with E-state index < -0.39 is 0 Å². The van der Waals surface area contributed by atoms with Gasteiger partial charge in [-0.25, -0.2) is 0 Å². The number of aryl methyl sites for hydroxylation is 2. The molecule has 0 aliphatic heterocycles. The molecule has 0 fully saturated rings. The highest BCUT2D eigenvalue weighted by molar-refractivity contribution is 5.80. The molecule has 4 rings (SSSR count). The second-order valence-corrected chi connectivity index (χ2v) is 5.30. The first-order valence-corrected chi connectivity index (χ1v) is 6.92. The first-order chi connectivity index (χ1) is 10.6. The third kappa shape index (κ3) is 1.96. The Morgan fingerprint density at radius 3 is 2.64 bits per heavy atom. The molecule has 0 aliphatic carbocycles. The zero-order valence-electron chi connectivity index (χ0n) is 12.2. The smallest absolute Gasteiger partial charge is 0.273 e. The molecule has 22 heavy (non-hydrogen) atoms. The molecule has 4 aromatic rings. The van der Waals surface area contributed by atoms with E-state index in [1.807, 2.05) is 50.5 Å². The monoisotopic (exact) mass is 291 g/mol. The highest BCUT2D eigenvalue weighted by Gasteiger charge is 2.07. The average Bonchev–Trinajstić information content (AvgIpc) is 2.85. The molecule has 0 spiro atoms. The Bertz CT molecular complexity index is 1080. The van der Waals surface area contributed by atoms with Crippen LogP contribution in [0.2, 0.25) is 0 Å². The molecule has 0 saturated carbocycles. The molecule has 0 N–H and O–H groups in total. The number of nitrogens with zero attached hydrogens (tertiary/aromatic N) is 5. The number of hydrogen-bond donors (Lipinski definition) is 0. The molecule has 3 aromatic heterocycles. The summed E-state index contributed by atoms with van der Waals surface area (Å²) in [4.78, 5) is 16.7. The minimum absolute atomic E-state index is 0.200. The minimum Gasteiger partial charge on any atom is -0.275 e. The van der Waals surface area contributed by atoms with Gasteiger partial charge >= 0.3 is 0 Å². The van der Waals surface area contributed by atoms with Crippen molar-refractivity contribution in [2.75, 3.05) is 0 Å². The SMILES string of the molecule is Cc1ccc2nn(-c3ccc4nn(C)cc4c3)c(=O)cc2n1. The largest absolute Gasteiger partial charge is 0.275 e. The number of rotatable bonds is 1. The van der Waals surface area contributed by atoms with Crippen LogP contribution in [0.3, 0.4) is 0 Å². The maximum atomic E-state index is 12.3. The van der Waals surface area contributed by atoms with Gasteiger partial charge in [0.05, 0.1) is 16.7 Å². The van der Waals surface area contributed by atoms with Gasteiger partial charge in [-0.15, -0.1) is 0 Å². The van der Waals surface area contributed by atoms with Gasteiger partial charge in [-0.3, -0.25) is 14.5 Å². The summed E-state index contributed by atoms with van der Waals surface area (Å²) < 4.78 is 3.14. The van der Waals surface area contributed by atoms with Gasteiger partial charge in [-0.1, -0.05) is 0 Å². The van der Waals surface area contributed by atoms with Gasteiger partial charge in [0, 0.05) is 30.4 Å². The van der Waals surface area contributed by atoms with Gasteiger partial charge < -0.3 is 0 Å². The lowest BCUT2D eigenvalue weighted by molar-refractivity contribution is 0.780. The zero-order chi connectivity index (χ0) is 15.3. The molecular formula is C16H13N5O. The molecule has 6 nitrogen and oxygen atoms in total. The van der Waals surface area contributed by atoms with Gasteiger partial charge in [0.1, 0.15) is 5.52 Å². The summed E-state index contributed by atoms with van der Waals surface area (Å²) in [6, 6.07) is 10.9. The molecule has 0 aliphatic rings. The summed E-state index contributed by atoms with van der Waals surface area (Å²) in [7, 11) is 1.87. The molecule has 108 valence electrons. The van der Waals surface area contributed by atoms with E-state index in [1.54, 1.807) is 4.68 Å². The molecule has 6 heteroatoms. The van der Waals surface area contributed by atoms with Crippen LogP contribution in [0.4, 0.5) is 0 Å². The summed E-state index contributed by atoms with van der Waals surface area (Å²) in [5, 5.41) is 9.71. The number of benzene rings is 1. The molecular weight excluding hydrogens is 278 g/mol. The molecule has 1 aromatic carbocycles. The quantitative estimate of drug-likeness (QED) is 0.538. The molecule has 3 heterocycles. The third-order valence-electron chi connectivity index (χ3n) is 3.57. The van der Waals surface area contributed by atoms with Crippen LogP contribution in [0.25, 0.3) is 27.6 Å². The van der Waals surface area contributed by atoms with Gasteiger partial charge in [0.2, 0.25) is 0 Å². The van der Waals surface area contributed by atoms with E-state index in [2.05, 4.69) is 15.2 Å². The van der Waals surface area contributed by atoms with E-state index in [1.165, 1.54) is 10.7 Å². The lowest BCUT2D eigenvalue weighted by Crippen LogP contribution is -2.20. The van der Waals surface area contributed by atoms with Crippen LogP contribution in [0.5, 0.6) is 0 Å². The van der Waals surface area contributed by atoms with Crippen LogP contribution in [-0.2, 0) is 7.05 Å². The van der Waals surface area contributed by atoms with Crippen molar-refractivity contribution in [3.05, 3.63) is 58.6 Å². The van der Waals surface area contributed by atoms with E-state index in [-0.39, 0.29) is 5.56 Å². The average molecular weight is 291 g/mol.